The first-order valence-corrected chi connectivity index (χ1v) is 8.97. The molecule has 1 amide bonds. The van der Waals surface area contributed by atoms with E-state index in [9.17, 15) is 4.79 Å². The molecule has 1 unspecified atom stereocenters. The van der Waals surface area contributed by atoms with E-state index in [4.69, 9.17) is 4.74 Å². The van der Waals surface area contributed by atoms with Crippen LogP contribution in [0.3, 0.4) is 0 Å². The van der Waals surface area contributed by atoms with Crippen molar-refractivity contribution in [1.82, 2.24) is 5.32 Å². The molecule has 0 radical (unpaired) electrons. The van der Waals surface area contributed by atoms with Gasteiger partial charge in [0.1, 0.15) is 6.61 Å². The van der Waals surface area contributed by atoms with E-state index < -0.39 is 0 Å². The maximum absolute atomic E-state index is 12.0. The van der Waals surface area contributed by atoms with Crippen LogP contribution in [0.5, 0.6) is 0 Å². The topological polar surface area (TPSA) is 38.3 Å². The van der Waals surface area contributed by atoms with E-state index in [1.807, 2.05) is 30.3 Å². The highest BCUT2D eigenvalue weighted by Gasteiger charge is 2.23. The number of carbonyl (C=O) groups excluding carboxylic acids is 1. The van der Waals surface area contributed by atoms with Crippen molar-refractivity contribution < 1.29 is 9.53 Å². The number of ether oxygens (including phenoxy) is 1. The summed E-state index contributed by atoms with van der Waals surface area (Å²) in [5, 5.41) is 2.99. The Kier molecular flexibility index (Phi) is 5.89. The summed E-state index contributed by atoms with van der Waals surface area (Å²) in [6.07, 6.45) is 7.86. The predicted molar refractivity (Wildman–Crippen MR) is 101 cm³/mol. The van der Waals surface area contributed by atoms with Crippen LogP contribution in [0.4, 0.5) is 4.79 Å². The largest absolute Gasteiger partial charge is 0.445 e. The number of nitrogens with one attached hydrogen (secondary N) is 1. The summed E-state index contributed by atoms with van der Waals surface area (Å²) in [5.74, 6) is 0. The maximum Gasteiger partial charge on any atom is 0.407 e. The molecule has 3 heteroatoms. The molecule has 0 saturated carbocycles. The number of benzene rings is 2. The molecule has 0 heterocycles. The average Bonchev–Trinajstić information content (AvgIpc) is 3.02. The SMILES string of the molecule is CC/C=C/Cc1ccc2c(c1)CC(NC(=O)OCc1ccccc1)C2. The Labute approximate surface area is 149 Å². The summed E-state index contributed by atoms with van der Waals surface area (Å²) in [6, 6.07) is 16.5. The van der Waals surface area contributed by atoms with Gasteiger partial charge in [-0.15, -0.1) is 0 Å². The minimum absolute atomic E-state index is 0.125. The molecule has 1 atom stereocenters. The molecule has 130 valence electrons. The average molecular weight is 335 g/mol. The monoisotopic (exact) mass is 335 g/mol. The number of amides is 1. The Morgan fingerprint density at radius 3 is 2.68 bits per heavy atom. The van der Waals surface area contributed by atoms with Crippen molar-refractivity contribution in [2.45, 2.75) is 45.3 Å². The molecule has 0 spiro atoms. The second-order valence-corrected chi connectivity index (χ2v) is 6.50. The predicted octanol–water partition coefficient (Wildman–Crippen LogP) is 4.59. The Morgan fingerprint density at radius 1 is 1.08 bits per heavy atom. The van der Waals surface area contributed by atoms with Crippen molar-refractivity contribution >= 4 is 6.09 Å². The third-order valence-electron chi connectivity index (χ3n) is 4.49. The molecule has 0 bridgehead atoms. The van der Waals surface area contributed by atoms with E-state index in [1.165, 1.54) is 16.7 Å². The van der Waals surface area contributed by atoms with Crippen LogP contribution in [0, 0.1) is 0 Å². The van der Waals surface area contributed by atoms with Crippen LogP contribution in [-0.2, 0) is 30.6 Å². The fraction of sp³-hybridized carbons (Fsp3) is 0.318. The maximum atomic E-state index is 12.0. The molecular weight excluding hydrogens is 310 g/mol. The fourth-order valence-corrected chi connectivity index (χ4v) is 3.22. The van der Waals surface area contributed by atoms with Crippen molar-refractivity contribution in [1.29, 1.82) is 0 Å². The van der Waals surface area contributed by atoms with Gasteiger partial charge in [-0.3, -0.25) is 0 Å². The lowest BCUT2D eigenvalue weighted by Crippen LogP contribution is -2.35. The standard InChI is InChI=1S/C22H25NO2/c1-2-3-5-8-17-11-12-19-14-21(15-20(19)13-17)23-22(24)25-16-18-9-6-4-7-10-18/h3-7,9-13,21H,2,8,14-16H2,1H3,(H,23,24)/b5-3+. The lowest BCUT2D eigenvalue weighted by atomic mass is 10.0. The van der Waals surface area contributed by atoms with Gasteiger partial charge in [-0.05, 0) is 47.9 Å². The van der Waals surface area contributed by atoms with Crippen molar-refractivity contribution in [2.75, 3.05) is 0 Å². The summed E-state index contributed by atoms with van der Waals surface area (Å²) < 4.78 is 5.32. The Morgan fingerprint density at radius 2 is 1.88 bits per heavy atom. The van der Waals surface area contributed by atoms with Crippen molar-refractivity contribution in [2.24, 2.45) is 0 Å². The van der Waals surface area contributed by atoms with E-state index in [1.54, 1.807) is 0 Å². The normalized spacial score (nSPS) is 16.0. The molecule has 2 aromatic rings. The summed E-state index contributed by atoms with van der Waals surface area (Å²) in [6.45, 7) is 2.45. The lowest BCUT2D eigenvalue weighted by Gasteiger charge is -2.12. The van der Waals surface area contributed by atoms with Crippen LogP contribution in [0.1, 0.15) is 35.6 Å². The molecule has 0 aliphatic heterocycles. The number of hydrogen-bond acceptors (Lipinski definition) is 2. The number of carbonyl (C=O) groups is 1. The quantitative estimate of drug-likeness (QED) is 0.784. The first-order valence-electron chi connectivity index (χ1n) is 8.97. The van der Waals surface area contributed by atoms with E-state index in [-0.39, 0.29) is 12.1 Å². The fourth-order valence-electron chi connectivity index (χ4n) is 3.22. The van der Waals surface area contributed by atoms with Crippen LogP contribution in [0.15, 0.2) is 60.7 Å². The van der Waals surface area contributed by atoms with Gasteiger partial charge in [0.2, 0.25) is 0 Å². The van der Waals surface area contributed by atoms with Crippen molar-refractivity contribution in [3.63, 3.8) is 0 Å². The Balaban J connectivity index is 1.49. The van der Waals surface area contributed by atoms with E-state index in [0.717, 1.165) is 31.2 Å². The number of hydrogen-bond donors (Lipinski definition) is 1. The molecule has 3 nitrogen and oxygen atoms in total. The second-order valence-electron chi connectivity index (χ2n) is 6.50. The first-order chi connectivity index (χ1) is 12.2. The highest BCUT2D eigenvalue weighted by Crippen LogP contribution is 2.24. The Hall–Kier alpha value is -2.55. The highest BCUT2D eigenvalue weighted by atomic mass is 16.5. The molecule has 1 N–H and O–H groups in total. The highest BCUT2D eigenvalue weighted by molar-refractivity contribution is 5.68. The molecule has 2 aromatic carbocycles. The summed E-state index contributed by atoms with van der Waals surface area (Å²) >= 11 is 0. The van der Waals surface area contributed by atoms with Gasteiger partial charge in [-0.1, -0.05) is 67.6 Å². The van der Waals surface area contributed by atoms with Gasteiger partial charge in [0.25, 0.3) is 0 Å². The van der Waals surface area contributed by atoms with Crippen LogP contribution in [0.2, 0.25) is 0 Å². The van der Waals surface area contributed by atoms with Crippen molar-refractivity contribution in [3.05, 3.63) is 82.9 Å². The molecule has 25 heavy (non-hydrogen) atoms. The zero-order valence-corrected chi connectivity index (χ0v) is 14.7. The van der Waals surface area contributed by atoms with Gasteiger partial charge in [0.15, 0.2) is 0 Å². The number of alkyl carbamates (subject to hydrolysis) is 1. The van der Waals surface area contributed by atoms with Crippen LogP contribution in [-0.4, -0.2) is 12.1 Å². The van der Waals surface area contributed by atoms with E-state index in [0.29, 0.717) is 6.61 Å². The van der Waals surface area contributed by atoms with Crippen LogP contribution in [0.25, 0.3) is 0 Å². The van der Waals surface area contributed by atoms with Gasteiger partial charge in [-0.25, -0.2) is 4.79 Å². The minimum atomic E-state index is -0.340. The summed E-state index contributed by atoms with van der Waals surface area (Å²) in [5.41, 5.74) is 5.00. The second kappa shape index (κ2) is 8.52. The minimum Gasteiger partial charge on any atom is -0.445 e. The number of allylic oxidation sites excluding steroid dienone is 2. The zero-order valence-electron chi connectivity index (χ0n) is 14.7. The third-order valence-corrected chi connectivity index (χ3v) is 4.49. The van der Waals surface area contributed by atoms with E-state index >= 15 is 0 Å². The van der Waals surface area contributed by atoms with Crippen LogP contribution >= 0.6 is 0 Å². The molecule has 0 fully saturated rings. The van der Waals surface area contributed by atoms with Crippen molar-refractivity contribution in [3.8, 4) is 0 Å². The molecular formula is C22H25NO2. The van der Waals surface area contributed by atoms with Gasteiger partial charge in [-0.2, -0.15) is 0 Å². The first kappa shape index (κ1) is 17.3. The lowest BCUT2D eigenvalue weighted by molar-refractivity contribution is 0.136. The Bertz CT molecular complexity index is 737. The third kappa shape index (κ3) is 4.96. The molecule has 1 aliphatic carbocycles. The number of fused-ring (bicyclic) bond motifs is 1. The van der Waals surface area contributed by atoms with Crippen LogP contribution < -0.4 is 5.32 Å². The molecule has 1 aliphatic rings. The zero-order chi connectivity index (χ0) is 17.5. The number of rotatable bonds is 6. The molecule has 3 rings (SSSR count). The van der Waals surface area contributed by atoms with Gasteiger partial charge in [0, 0.05) is 6.04 Å². The summed E-state index contributed by atoms with van der Waals surface area (Å²) in [4.78, 5) is 12.0. The van der Waals surface area contributed by atoms with E-state index in [2.05, 4.69) is 42.6 Å². The smallest absolute Gasteiger partial charge is 0.407 e. The van der Waals surface area contributed by atoms with Gasteiger partial charge < -0.3 is 10.1 Å². The van der Waals surface area contributed by atoms with Gasteiger partial charge in [0.05, 0.1) is 0 Å². The summed E-state index contributed by atoms with van der Waals surface area (Å²) in [7, 11) is 0. The van der Waals surface area contributed by atoms with Gasteiger partial charge >= 0.3 is 6.09 Å². The molecule has 0 aromatic heterocycles. The molecule has 0 saturated heterocycles.